The SMILES string of the molecule is CC(CNc1cc(C(F)(F)F)cc(NN)n1)c1nccs1. The van der Waals surface area contributed by atoms with Gasteiger partial charge in [0.25, 0.3) is 0 Å². The minimum atomic E-state index is -4.45. The summed E-state index contributed by atoms with van der Waals surface area (Å²) in [5, 5.41) is 5.64. The number of hydrogen-bond acceptors (Lipinski definition) is 6. The van der Waals surface area contributed by atoms with Crippen molar-refractivity contribution in [3.05, 3.63) is 34.3 Å². The fraction of sp³-hybridized carbons (Fsp3) is 0.333. The third kappa shape index (κ3) is 4.05. The lowest BCUT2D eigenvalue weighted by atomic mass is 10.2. The first-order chi connectivity index (χ1) is 9.90. The Hall–Kier alpha value is -1.87. The second kappa shape index (κ2) is 6.27. The van der Waals surface area contributed by atoms with Crippen molar-refractivity contribution in [3.8, 4) is 0 Å². The molecule has 2 aromatic heterocycles. The average Bonchev–Trinajstić information content (AvgIpc) is 2.97. The number of rotatable bonds is 5. The van der Waals surface area contributed by atoms with Crippen molar-refractivity contribution in [3.63, 3.8) is 0 Å². The number of hydrogen-bond donors (Lipinski definition) is 3. The fourth-order valence-electron chi connectivity index (χ4n) is 1.68. The number of nitrogens with two attached hydrogens (primary N) is 1. The lowest BCUT2D eigenvalue weighted by Crippen LogP contribution is -2.15. The maximum absolute atomic E-state index is 12.8. The molecular formula is C12H14F3N5S. The van der Waals surface area contributed by atoms with Gasteiger partial charge in [0.1, 0.15) is 11.6 Å². The zero-order valence-corrected chi connectivity index (χ0v) is 11.9. The number of nitrogens with one attached hydrogen (secondary N) is 2. The normalized spacial score (nSPS) is 13.0. The molecule has 1 unspecified atom stereocenters. The number of alkyl halides is 3. The fourth-order valence-corrected chi connectivity index (χ4v) is 2.38. The van der Waals surface area contributed by atoms with Gasteiger partial charge in [-0.25, -0.2) is 15.8 Å². The average molecular weight is 317 g/mol. The lowest BCUT2D eigenvalue weighted by molar-refractivity contribution is -0.137. The van der Waals surface area contributed by atoms with Crippen LogP contribution in [0.5, 0.6) is 0 Å². The van der Waals surface area contributed by atoms with Crippen LogP contribution in [-0.4, -0.2) is 16.5 Å². The predicted molar refractivity (Wildman–Crippen MR) is 76.1 cm³/mol. The maximum Gasteiger partial charge on any atom is 0.416 e. The molecule has 9 heteroatoms. The van der Waals surface area contributed by atoms with Gasteiger partial charge < -0.3 is 10.7 Å². The summed E-state index contributed by atoms with van der Waals surface area (Å²) in [6.45, 7) is 2.35. The number of nitrogens with zero attached hydrogens (tertiary/aromatic N) is 2. The maximum atomic E-state index is 12.8. The third-order valence-electron chi connectivity index (χ3n) is 2.76. The number of anilines is 2. The van der Waals surface area contributed by atoms with Crippen LogP contribution in [0.1, 0.15) is 23.4 Å². The van der Waals surface area contributed by atoms with E-state index < -0.39 is 11.7 Å². The lowest BCUT2D eigenvalue weighted by Gasteiger charge is -2.14. The Morgan fingerprint density at radius 2 is 2.05 bits per heavy atom. The Bertz CT molecular complexity index is 585. The summed E-state index contributed by atoms with van der Waals surface area (Å²) in [5.41, 5.74) is 1.32. The highest BCUT2D eigenvalue weighted by Gasteiger charge is 2.31. The van der Waals surface area contributed by atoms with Crippen LogP contribution in [0, 0.1) is 0 Å². The standard InChI is InChI=1S/C12H14F3N5S/c1-7(11-17-2-3-21-11)6-18-9-4-8(12(13,14)15)5-10(19-9)20-16/h2-5,7H,6,16H2,1H3,(H2,18,19,20). The van der Waals surface area contributed by atoms with Crippen molar-refractivity contribution in [2.45, 2.75) is 19.0 Å². The van der Waals surface area contributed by atoms with E-state index in [1.54, 1.807) is 6.20 Å². The summed E-state index contributed by atoms with van der Waals surface area (Å²) in [6, 6.07) is 1.81. The van der Waals surface area contributed by atoms with Crippen LogP contribution in [0.4, 0.5) is 24.8 Å². The van der Waals surface area contributed by atoms with Crippen molar-refractivity contribution in [1.29, 1.82) is 0 Å². The predicted octanol–water partition coefficient (Wildman–Crippen LogP) is 3.06. The van der Waals surface area contributed by atoms with Gasteiger partial charge in [0, 0.05) is 24.0 Å². The number of pyridine rings is 1. The Morgan fingerprint density at radius 1 is 1.33 bits per heavy atom. The summed E-state index contributed by atoms with van der Waals surface area (Å²) >= 11 is 1.50. The molecule has 0 saturated carbocycles. The molecule has 0 aliphatic rings. The van der Waals surface area contributed by atoms with Gasteiger partial charge in [-0.2, -0.15) is 13.2 Å². The highest BCUT2D eigenvalue weighted by atomic mass is 32.1. The molecule has 0 amide bonds. The van der Waals surface area contributed by atoms with Crippen molar-refractivity contribution in [2.24, 2.45) is 5.84 Å². The van der Waals surface area contributed by atoms with E-state index >= 15 is 0 Å². The van der Waals surface area contributed by atoms with Gasteiger partial charge >= 0.3 is 6.18 Å². The molecule has 0 saturated heterocycles. The van der Waals surface area contributed by atoms with Gasteiger partial charge in [-0.05, 0) is 12.1 Å². The van der Waals surface area contributed by atoms with Crippen molar-refractivity contribution in [1.82, 2.24) is 9.97 Å². The summed E-state index contributed by atoms with van der Waals surface area (Å²) in [7, 11) is 0. The molecule has 0 radical (unpaired) electrons. The minimum absolute atomic E-state index is 0.0470. The van der Waals surface area contributed by atoms with E-state index in [9.17, 15) is 13.2 Å². The molecule has 0 spiro atoms. The Kier molecular flexibility index (Phi) is 4.63. The Labute approximate surface area is 123 Å². The molecule has 2 aromatic rings. The van der Waals surface area contributed by atoms with Crippen LogP contribution >= 0.6 is 11.3 Å². The van der Waals surface area contributed by atoms with E-state index in [1.807, 2.05) is 12.3 Å². The highest BCUT2D eigenvalue weighted by molar-refractivity contribution is 7.09. The van der Waals surface area contributed by atoms with E-state index in [0.717, 1.165) is 17.1 Å². The molecule has 0 aliphatic heterocycles. The molecule has 114 valence electrons. The summed E-state index contributed by atoms with van der Waals surface area (Å²) in [6.07, 6.45) is -2.76. The molecule has 0 aliphatic carbocycles. The smallest absolute Gasteiger partial charge is 0.369 e. The second-order valence-electron chi connectivity index (χ2n) is 4.42. The van der Waals surface area contributed by atoms with Crippen LogP contribution in [0.25, 0.3) is 0 Å². The molecule has 0 aromatic carbocycles. The number of hydrazine groups is 1. The van der Waals surface area contributed by atoms with Crippen molar-refractivity contribution in [2.75, 3.05) is 17.3 Å². The van der Waals surface area contributed by atoms with Gasteiger partial charge in [0.2, 0.25) is 0 Å². The molecule has 21 heavy (non-hydrogen) atoms. The first-order valence-corrected chi connectivity index (χ1v) is 6.97. The number of aromatic nitrogens is 2. The first-order valence-electron chi connectivity index (χ1n) is 6.09. The molecule has 2 rings (SSSR count). The van der Waals surface area contributed by atoms with Gasteiger partial charge in [-0.1, -0.05) is 6.92 Å². The van der Waals surface area contributed by atoms with Gasteiger partial charge in [0.15, 0.2) is 0 Å². The number of thiazole rings is 1. The van der Waals surface area contributed by atoms with Crippen LogP contribution in [0.15, 0.2) is 23.7 Å². The zero-order chi connectivity index (χ0) is 15.5. The topological polar surface area (TPSA) is 75.9 Å². The molecule has 1 atom stereocenters. The summed E-state index contributed by atoms with van der Waals surface area (Å²) in [5.74, 6) is 5.28. The molecule has 5 nitrogen and oxygen atoms in total. The van der Waals surface area contributed by atoms with Gasteiger partial charge in [-0.15, -0.1) is 11.3 Å². The highest BCUT2D eigenvalue weighted by Crippen LogP contribution is 2.32. The molecule has 2 heterocycles. The second-order valence-corrected chi connectivity index (χ2v) is 5.35. The van der Waals surface area contributed by atoms with Crippen LogP contribution in [0.2, 0.25) is 0 Å². The zero-order valence-electron chi connectivity index (χ0n) is 11.1. The molecule has 0 bridgehead atoms. The van der Waals surface area contributed by atoms with E-state index in [1.165, 1.54) is 11.3 Å². The summed E-state index contributed by atoms with van der Waals surface area (Å²) < 4.78 is 38.3. The van der Waals surface area contributed by atoms with E-state index in [-0.39, 0.29) is 17.6 Å². The Balaban J connectivity index is 2.12. The first kappa shape index (κ1) is 15.5. The van der Waals surface area contributed by atoms with Crippen molar-refractivity contribution >= 4 is 23.0 Å². The van der Waals surface area contributed by atoms with E-state index in [4.69, 9.17) is 5.84 Å². The Morgan fingerprint density at radius 3 is 2.62 bits per heavy atom. The largest absolute Gasteiger partial charge is 0.416 e. The van der Waals surface area contributed by atoms with Gasteiger partial charge in [-0.3, -0.25) is 0 Å². The molecular weight excluding hydrogens is 303 g/mol. The summed E-state index contributed by atoms with van der Waals surface area (Å²) in [4.78, 5) is 8.12. The number of halogens is 3. The van der Waals surface area contributed by atoms with E-state index in [0.29, 0.717) is 6.54 Å². The van der Waals surface area contributed by atoms with Crippen LogP contribution in [-0.2, 0) is 6.18 Å². The monoisotopic (exact) mass is 317 g/mol. The number of nitrogen functional groups attached to an aromatic ring is 1. The van der Waals surface area contributed by atoms with Crippen molar-refractivity contribution < 1.29 is 13.2 Å². The van der Waals surface area contributed by atoms with Gasteiger partial charge in [0.05, 0.1) is 10.6 Å². The molecule has 0 fully saturated rings. The van der Waals surface area contributed by atoms with Crippen LogP contribution < -0.4 is 16.6 Å². The third-order valence-corrected chi connectivity index (χ3v) is 3.77. The minimum Gasteiger partial charge on any atom is -0.369 e. The van der Waals surface area contributed by atoms with E-state index in [2.05, 4.69) is 20.7 Å². The van der Waals surface area contributed by atoms with Crippen LogP contribution in [0.3, 0.4) is 0 Å². The quantitative estimate of drug-likeness (QED) is 0.584. The molecule has 4 N–H and O–H groups in total.